The molecule has 2 aromatic heterocycles. The average molecular weight is 353 g/mol. The van der Waals surface area contributed by atoms with Crippen molar-refractivity contribution in [2.24, 2.45) is 5.92 Å². The van der Waals surface area contributed by atoms with E-state index in [-0.39, 0.29) is 5.91 Å². The fourth-order valence-electron chi connectivity index (χ4n) is 2.99. The number of nitrogens with one attached hydrogen (secondary N) is 1. The largest absolute Gasteiger partial charge is 0.381 e. The lowest BCUT2D eigenvalue weighted by Gasteiger charge is -2.21. The molecule has 0 aliphatic carbocycles. The molecule has 3 aromatic rings. The van der Waals surface area contributed by atoms with E-state index in [0.717, 1.165) is 38.3 Å². The van der Waals surface area contributed by atoms with Crippen LogP contribution in [0, 0.1) is 5.92 Å². The molecule has 4 rings (SSSR count). The molecule has 1 fully saturated rings. The van der Waals surface area contributed by atoms with Crippen molar-refractivity contribution in [3.05, 3.63) is 48.5 Å². The highest BCUT2D eigenvalue weighted by atomic mass is 16.5. The molecule has 134 valence electrons. The van der Waals surface area contributed by atoms with Gasteiger partial charge in [0.05, 0.1) is 17.6 Å². The maximum atomic E-state index is 12.5. The van der Waals surface area contributed by atoms with Gasteiger partial charge in [0.25, 0.3) is 5.91 Å². The Labute approximate surface area is 150 Å². The number of benzene rings is 1. The van der Waals surface area contributed by atoms with Gasteiger partial charge in [-0.1, -0.05) is 6.07 Å². The lowest BCUT2D eigenvalue weighted by molar-refractivity contribution is 0.0601. The molecule has 0 unspecified atom stereocenters. The molecular weight excluding hydrogens is 334 g/mol. The summed E-state index contributed by atoms with van der Waals surface area (Å²) in [7, 11) is 0. The maximum absolute atomic E-state index is 12.5. The summed E-state index contributed by atoms with van der Waals surface area (Å²) in [5.41, 5.74) is 1.92. The van der Waals surface area contributed by atoms with E-state index in [4.69, 9.17) is 4.74 Å². The van der Waals surface area contributed by atoms with Crippen molar-refractivity contribution in [1.82, 2.24) is 30.0 Å². The zero-order valence-corrected chi connectivity index (χ0v) is 14.2. The second-order valence-corrected chi connectivity index (χ2v) is 6.27. The third-order valence-electron chi connectivity index (χ3n) is 4.40. The predicted octanol–water partition coefficient (Wildman–Crippen LogP) is 1.54. The van der Waals surface area contributed by atoms with Crippen LogP contribution in [0.4, 0.5) is 5.69 Å². The highest BCUT2D eigenvalue weighted by molar-refractivity contribution is 6.04. The van der Waals surface area contributed by atoms with Crippen LogP contribution in [0.1, 0.15) is 23.2 Å². The topological polar surface area (TPSA) is 99.8 Å². The van der Waals surface area contributed by atoms with E-state index in [0.29, 0.717) is 17.2 Å². The SMILES string of the molecule is O=C(Nc1cnn(CC2CCOCC2)c1)c1cccc(-n2cnnn2)c1. The van der Waals surface area contributed by atoms with Crippen LogP contribution in [0.2, 0.25) is 0 Å². The van der Waals surface area contributed by atoms with Crippen LogP contribution in [-0.2, 0) is 11.3 Å². The monoisotopic (exact) mass is 353 g/mol. The lowest BCUT2D eigenvalue weighted by Crippen LogP contribution is -2.20. The highest BCUT2D eigenvalue weighted by Gasteiger charge is 2.15. The molecule has 1 saturated heterocycles. The zero-order valence-electron chi connectivity index (χ0n) is 14.2. The first kappa shape index (κ1) is 16.4. The Balaban J connectivity index is 1.41. The number of nitrogens with zero attached hydrogens (tertiary/aromatic N) is 6. The van der Waals surface area contributed by atoms with Gasteiger partial charge >= 0.3 is 0 Å². The Hall–Kier alpha value is -3.07. The van der Waals surface area contributed by atoms with Gasteiger partial charge in [-0.15, -0.1) is 5.10 Å². The van der Waals surface area contributed by atoms with E-state index in [2.05, 4.69) is 25.9 Å². The molecule has 9 heteroatoms. The fraction of sp³-hybridized carbons (Fsp3) is 0.353. The molecular formula is C17H19N7O2. The minimum absolute atomic E-state index is 0.203. The molecule has 26 heavy (non-hydrogen) atoms. The number of tetrazole rings is 1. The maximum Gasteiger partial charge on any atom is 0.255 e. The molecule has 3 heterocycles. The summed E-state index contributed by atoms with van der Waals surface area (Å²) in [6.45, 7) is 2.47. The summed E-state index contributed by atoms with van der Waals surface area (Å²) in [6, 6.07) is 7.10. The van der Waals surface area contributed by atoms with Crippen molar-refractivity contribution in [2.45, 2.75) is 19.4 Å². The first-order chi connectivity index (χ1) is 12.8. The predicted molar refractivity (Wildman–Crippen MR) is 92.9 cm³/mol. The summed E-state index contributed by atoms with van der Waals surface area (Å²) in [6.07, 6.45) is 7.11. The third kappa shape index (κ3) is 3.77. The smallest absolute Gasteiger partial charge is 0.255 e. The summed E-state index contributed by atoms with van der Waals surface area (Å²) in [5, 5.41) is 18.3. The molecule has 9 nitrogen and oxygen atoms in total. The molecule has 0 atom stereocenters. The van der Waals surface area contributed by atoms with Gasteiger partial charge < -0.3 is 10.1 Å². The quantitative estimate of drug-likeness (QED) is 0.747. The van der Waals surface area contributed by atoms with Gasteiger partial charge in [-0.2, -0.15) is 5.10 Å². The Kier molecular flexibility index (Phi) is 4.69. The number of amides is 1. The summed E-state index contributed by atoms with van der Waals surface area (Å²) < 4.78 is 8.76. The normalized spacial score (nSPS) is 15.1. The van der Waals surface area contributed by atoms with Gasteiger partial charge in [0.1, 0.15) is 6.33 Å². The Bertz CT molecular complexity index is 869. The van der Waals surface area contributed by atoms with E-state index < -0.39 is 0 Å². The van der Waals surface area contributed by atoms with Gasteiger partial charge in [0.15, 0.2) is 0 Å². The van der Waals surface area contributed by atoms with Gasteiger partial charge in [0.2, 0.25) is 0 Å². The van der Waals surface area contributed by atoms with Crippen LogP contribution in [0.25, 0.3) is 5.69 Å². The second kappa shape index (κ2) is 7.44. The van der Waals surface area contributed by atoms with Crippen molar-refractivity contribution >= 4 is 11.6 Å². The Morgan fingerprint density at radius 2 is 2.19 bits per heavy atom. The van der Waals surface area contributed by atoms with E-state index in [9.17, 15) is 4.79 Å². The number of carbonyl (C=O) groups is 1. The summed E-state index contributed by atoms with van der Waals surface area (Å²) in [4.78, 5) is 12.5. The first-order valence-corrected chi connectivity index (χ1v) is 8.53. The molecule has 1 aliphatic heterocycles. The summed E-state index contributed by atoms with van der Waals surface area (Å²) >= 11 is 0. The van der Waals surface area contributed by atoms with Crippen molar-refractivity contribution in [3.63, 3.8) is 0 Å². The van der Waals surface area contributed by atoms with Crippen molar-refractivity contribution in [2.75, 3.05) is 18.5 Å². The van der Waals surface area contributed by atoms with Crippen LogP contribution in [0.3, 0.4) is 0 Å². The van der Waals surface area contributed by atoms with Crippen LogP contribution in [0.5, 0.6) is 0 Å². The number of carbonyl (C=O) groups excluding carboxylic acids is 1. The minimum atomic E-state index is -0.203. The van der Waals surface area contributed by atoms with E-state index >= 15 is 0 Å². The number of aromatic nitrogens is 6. The van der Waals surface area contributed by atoms with Crippen molar-refractivity contribution in [1.29, 1.82) is 0 Å². The molecule has 1 N–H and O–H groups in total. The average Bonchev–Trinajstić information content (AvgIpc) is 3.35. The fourth-order valence-corrected chi connectivity index (χ4v) is 2.99. The molecule has 0 bridgehead atoms. The van der Waals surface area contributed by atoms with Gasteiger partial charge in [-0.05, 0) is 47.4 Å². The van der Waals surface area contributed by atoms with Crippen LogP contribution in [0.15, 0.2) is 43.0 Å². The zero-order chi connectivity index (χ0) is 17.8. The molecule has 0 saturated carbocycles. The number of anilines is 1. The van der Waals surface area contributed by atoms with Crippen LogP contribution in [-0.4, -0.2) is 49.1 Å². The van der Waals surface area contributed by atoms with Gasteiger partial charge in [-0.3, -0.25) is 9.48 Å². The molecule has 0 radical (unpaired) electrons. The standard InChI is InChI=1S/C17H19N7O2/c25-17(14-2-1-3-16(8-14)24-12-18-21-22-24)20-15-9-19-23(11-15)10-13-4-6-26-7-5-13/h1-3,8-9,11-13H,4-7,10H2,(H,20,25). The van der Waals surface area contributed by atoms with Crippen molar-refractivity contribution in [3.8, 4) is 5.69 Å². The van der Waals surface area contributed by atoms with E-state index in [1.54, 1.807) is 24.4 Å². The number of hydrogen-bond acceptors (Lipinski definition) is 6. The first-order valence-electron chi connectivity index (χ1n) is 8.53. The van der Waals surface area contributed by atoms with E-state index in [1.165, 1.54) is 11.0 Å². The van der Waals surface area contributed by atoms with Gasteiger partial charge in [-0.25, -0.2) is 4.68 Å². The molecule has 1 aromatic carbocycles. The Morgan fingerprint density at radius 3 is 3.00 bits per heavy atom. The second-order valence-electron chi connectivity index (χ2n) is 6.27. The number of rotatable bonds is 5. The van der Waals surface area contributed by atoms with Gasteiger partial charge in [0, 0.05) is 31.5 Å². The van der Waals surface area contributed by atoms with Crippen LogP contribution < -0.4 is 5.32 Å². The number of hydrogen-bond donors (Lipinski definition) is 1. The Morgan fingerprint density at radius 1 is 1.31 bits per heavy atom. The van der Waals surface area contributed by atoms with Crippen LogP contribution >= 0.6 is 0 Å². The molecule has 1 aliphatic rings. The minimum Gasteiger partial charge on any atom is -0.381 e. The highest BCUT2D eigenvalue weighted by Crippen LogP contribution is 2.18. The van der Waals surface area contributed by atoms with Crippen molar-refractivity contribution < 1.29 is 9.53 Å². The third-order valence-corrected chi connectivity index (χ3v) is 4.40. The molecule has 1 amide bonds. The molecule has 0 spiro atoms. The number of ether oxygens (including phenoxy) is 1. The lowest BCUT2D eigenvalue weighted by atomic mass is 10.0. The van der Waals surface area contributed by atoms with E-state index in [1.807, 2.05) is 16.9 Å². The summed E-state index contributed by atoms with van der Waals surface area (Å²) in [5.74, 6) is 0.366.